The quantitative estimate of drug-likeness (QED) is 0.428. The Labute approximate surface area is 144 Å². The van der Waals surface area contributed by atoms with Crippen molar-refractivity contribution in [1.29, 1.82) is 0 Å². The van der Waals surface area contributed by atoms with Crippen molar-refractivity contribution in [2.75, 3.05) is 6.61 Å². The van der Waals surface area contributed by atoms with Crippen molar-refractivity contribution in [2.24, 2.45) is 5.10 Å². The van der Waals surface area contributed by atoms with Gasteiger partial charge in [-0.15, -0.1) is 0 Å². The standard InChI is InChI=1S/C19H16N4O2/c1-2-11-25-16-6-3-14(4-7-16)13-22-23-19(24)15-5-8-17-18(12-15)21-10-9-20-17/h2-10,12-13H,1,11H2,(H,23,24). The first-order valence-corrected chi connectivity index (χ1v) is 7.64. The smallest absolute Gasteiger partial charge is 0.271 e. The van der Waals surface area contributed by atoms with Gasteiger partial charge in [0.2, 0.25) is 0 Å². The Balaban J connectivity index is 1.62. The molecule has 0 aliphatic rings. The zero-order chi connectivity index (χ0) is 17.5. The van der Waals surface area contributed by atoms with Crippen LogP contribution in [-0.4, -0.2) is 28.7 Å². The second-order valence-corrected chi connectivity index (χ2v) is 5.13. The first-order chi connectivity index (χ1) is 12.3. The highest BCUT2D eigenvalue weighted by atomic mass is 16.5. The highest BCUT2D eigenvalue weighted by Gasteiger charge is 2.06. The predicted octanol–water partition coefficient (Wildman–Crippen LogP) is 2.96. The normalized spacial score (nSPS) is 10.7. The van der Waals surface area contributed by atoms with Gasteiger partial charge in [0.15, 0.2) is 0 Å². The lowest BCUT2D eigenvalue weighted by Gasteiger charge is -2.03. The van der Waals surface area contributed by atoms with Gasteiger partial charge in [0, 0.05) is 18.0 Å². The third kappa shape index (κ3) is 4.26. The van der Waals surface area contributed by atoms with Gasteiger partial charge in [-0.1, -0.05) is 12.7 Å². The van der Waals surface area contributed by atoms with Crippen LogP contribution in [0.1, 0.15) is 15.9 Å². The first-order valence-electron chi connectivity index (χ1n) is 7.64. The third-order valence-electron chi connectivity index (χ3n) is 3.36. The maximum Gasteiger partial charge on any atom is 0.271 e. The van der Waals surface area contributed by atoms with Crippen LogP contribution in [0.2, 0.25) is 0 Å². The summed E-state index contributed by atoms with van der Waals surface area (Å²) in [4.78, 5) is 20.5. The monoisotopic (exact) mass is 332 g/mol. The topological polar surface area (TPSA) is 76.5 Å². The number of hydrogen-bond donors (Lipinski definition) is 1. The fraction of sp³-hybridized carbons (Fsp3) is 0.0526. The molecule has 0 spiro atoms. The second kappa shape index (κ2) is 7.83. The van der Waals surface area contributed by atoms with E-state index < -0.39 is 0 Å². The van der Waals surface area contributed by atoms with Crippen LogP contribution in [0.25, 0.3) is 11.0 Å². The number of carbonyl (C=O) groups is 1. The number of aromatic nitrogens is 2. The maximum atomic E-state index is 12.1. The molecule has 1 N–H and O–H groups in total. The van der Waals surface area contributed by atoms with Crippen LogP contribution in [0.15, 0.2) is 72.6 Å². The summed E-state index contributed by atoms with van der Waals surface area (Å²) in [5.74, 6) is 0.438. The van der Waals surface area contributed by atoms with E-state index in [-0.39, 0.29) is 5.91 Å². The number of carbonyl (C=O) groups excluding carboxylic acids is 1. The van der Waals surface area contributed by atoms with Crippen molar-refractivity contribution in [1.82, 2.24) is 15.4 Å². The number of nitrogens with zero attached hydrogens (tertiary/aromatic N) is 3. The van der Waals surface area contributed by atoms with Gasteiger partial charge in [-0.2, -0.15) is 5.10 Å². The zero-order valence-electron chi connectivity index (χ0n) is 13.4. The Hall–Kier alpha value is -3.54. The van der Waals surface area contributed by atoms with Crippen LogP contribution >= 0.6 is 0 Å². The number of nitrogens with one attached hydrogen (secondary N) is 1. The molecule has 0 radical (unpaired) electrons. The van der Waals surface area contributed by atoms with Gasteiger partial charge in [0.05, 0.1) is 17.2 Å². The summed E-state index contributed by atoms with van der Waals surface area (Å²) in [6, 6.07) is 12.5. The Morgan fingerprint density at radius 1 is 1.12 bits per heavy atom. The van der Waals surface area contributed by atoms with E-state index in [1.54, 1.807) is 42.9 Å². The van der Waals surface area contributed by atoms with Crippen molar-refractivity contribution in [3.8, 4) is 5.75 Å². The van der Waals surface area contributed by atoms with Gasteiger partial charge in [-0.25, -0.2) is 5.43 Å². The van der Waals surface area contributed by atoms with E-state index in [9.17, 15) is 4.79 Å². The largest absolute Gasteiger partial charge is 0.490 e. The number of hydrogen-bond acceptors (Lipinski definition) is 5. The lowest BCUT2D eigenvalue weighted by molar-refractivity contribution is 0.0955. The molecule has 0 saturated heterocycles. The minimum Gasteiger partial charge on any atom is -0.490 e. The summed E-state index contributed by atoms with van der Waals surface area (Å²) >= 11 is 0. The predicted molar refractivity (Wildman–Crippen MR) is 96.7 cm³/mol. The fourth-order valence-electron chi connectivity index (χ4n) is 2.14. The highest BCUT2D eigenvalue weighted by Crippen LogP contribution is 2.12. The van der Waals surface area contributed by atoms with Gasteiger partial charge in [0.1, 0.15) is 12.4 Å². The number of ether oxygens (including phenoxy) is 1. The van der Waals surface area contributed by atoms with Crippen LogP contribution in [0.5, 0.6) is 5.75 Å². The molecule has 0 fully saturated rings. The lowest BCUT2D eigenvalue weighted by atomic mass is 10.2. The molecule has 0 aliphatic heterocycles. The average Bonchev–Trinajstić information content (AvgIpc) is 2.67. The summed E-state index contributed by atoms with van der Waals surface area (Å²) in [5.41, 5.74) is 5.21. The highest BCUT2D eigenvalue weighted by molar-refractivity contribution is 5.97. The second-order valence-electron chi connectivity index (χ2n) is 5.13. The number of rotatable bonds is 6. The summed E-state index contributed by atoms with van der Waals surface area (Å²) < 4.78 is 5.40. The maximum absolute atomic E-state index is 12.1. The van der Waals surface area contributed by atoms with Crippen LogP contribution in [0, 0.1) is 0 Å². The Morgan fingerprint density at radius 2 is 1.88 bits per heavy atom. The number of amides is 1. The molecular weight excluding hydrogens is 316 g/mol. The summed E-state index contributed by atoms with van der Waals surface area (Å²) in [7, 11) is 0. The van der Waals surface area contributed by atoms with Crippen LogP contribution < -0.4 is 10.2 Å². The molecule has 1 amide bonds. The van der Waals surface area contributed by atoms with E-state index >= 15 is 0 Å². The van der Waals surface area contributed by atoms with Gasteiger partial charge in [-0.3, -0.25) is 14.8 Å². The summed E-state index contributed by atoms with van der Waals surface area (Å²) in [6.07, 6.45) is 6.45. The van der Waals surface area contributed by atoms with Gasteiger partial charge in [0.25, 0.3) is 5.91 Å². The summed E-state index contributed by atoms with van der Waals surface area (Å²) in [5, 5.41) is 3.97. The molecule has 0 aliphatic carbocycles. The fourth-order valence-corrected chi connectivity index (χ4v) is 2.14. The average molecular weight is 332 g/mol. The van der Waals surface area contributed by atoms with Gasteiger partial charge in [-0.05, 0) is 48.0 Å². The molecule has 3 aromatic rings. The molecule has 2 aromatic carbocycles. The van der Waals surface area contributed by atoms with Gasteiger partial charge >= 0.3 is 0 Å². The van der Waals surface area contributed by atoms with Crippen molar-refractivity contribution < 1.29 is 9.53 Å². The Bertz CT molecular complexity index is 920. The molecule has 0 atom stereocenters. The number of benzene rings is 2. The molecule has 6 nitrogen and oxygen atoms in total. The molecule has 3 rings (SSSR count). The molecule has 1 heterocycles. The number of fused-ring (bicyclic) bond motifs is 1. The SMILES string of the molecule is C=CCOc1ccc(C=NNC(=O)c2ccc3nccnc3c2)cc1. The molecule has 25 heavy (non-hydrogen) atoms. The molecule has 0 unspecified atom stereocenters. The Kier molecular flexibility index (Phi) is 5.11. The zero-order valence-corrected chi connectivity index (χ0v) is 13.4. The first kappa shape index (κ1) is 16.3. The van der Waals surface area contributed by atoms with Gasteiger partial charge < -0.3 is 4.74 Å². The third-order valence-corrected chi connectivity index (χ3v) is 3.36. The molecule has 1 aromatic heterocycles. The molecule has 0 saturated carbocycles. The van der Waals surface area contributed by atoms with E-state index in [4.69, 9.17) is 4.74 Å². The van der Waals surface area contributed by atoms with E-state index in [0.29, 0.717) is 17.7 Å². The van der Waals surface area contributed by atoms with E-state index in [1.807, 2.05) is 24.3 Å². The molecule has 6 heteroatoms. The molecule has 124 valence electrons. The van der Waals surface area contributed by atoms with Crippen molar-refractivity contribution in [2.45, 2.75) is 0 Å². The van der Waals surface area contributed by atoms with Crippen molar-refractivity contribution >= 4 is 23.2 Å². The minimum atomic E-state index is -0.310. The van der Waals surface area contributed by atoms with Crippen LogP contribution in [-0.2, 0) is 0 Å². The van der Waals surface area contributed by atoms with Crippen LogP contribution in [0.4, 0.5) is 0 Å². The minimum absolute atomic E-state index is 0.310. The van der Waals surface area contributed by atoms with E-state index in [2.05, 4.69) is 27.1 Å². The summed E-state index contributed by atoms with van der Waals surface area (Å²) in [6.45, 7) is 4.06. The lowest BCUT2D eigenvalue weighted by Crippen LogP contribution is -2.17. The van der Waals surface area contributed by atoms with E-state index in [0.717, 1.165) is 16.8 Å². The van der Waals surface area contributed by atoms with E-state index in [1.165, 1.54) is 0 Å². The Morgan fingerprint density at radius 3 is 2.64 bits per heavy atom. The number of hydrazone groups is 1. The molecular formula is C19H16N4O2. The van der Waals surface area contributed by atoms with Crippen LogP contribution in [0.3, 0.4) is 0 Å². The van der Waals surface area contributed by atoms with Crippen molar-refractivity contribution in [3.05, 3.63) is 78.6 Å². The van der Waals surface area contributed by atoms with Crippen molar-refractivity contribution in [3.63, 3.8) is 0 Å². The molecule has 0 bridgehead atoms.